The van der Waals surface area contributed by atoms with E-state index in [4.69, 9.17) is 4.74 Å². The average Bonchev–Trinajstić information content (AvgIpc) is 2.40. The van der Waals surface area contributed by atoms with E-state index in [1.54, 1.807) is 18.9 Å². The fraction of sp³-hybridized carbons (Fsp3) is 0.231. The zero-order chi connectivity index (χ0) is 12.8. The standard InChI is InChI=1S/C13H15N3OS/c1-14-11-8-13(16-12(15-11)9-17-2)18-10-6-4-3-5-7-10/h3-8H,9H2,1-2H3,(H,14,15,16). The number of anilines is 1. The normalized spacial score (nSPS) is 10.3. The first kappa shape index (κ1) is 12.9. The van der Waals surface area contributed by atoms with Crippen LogP contribution in [0.2, 0.25) is 0 Å². The van der Waals surface area contributed by atoms with Crippen LogP contribution in [0, 0.1) is 0 Å². The second kappa shape index (κ2) is 6.37. The van der Waals surface area contributed by atoms with E-state index in [2.05, 4.69) is 27.4 Å². The molecule has 0 aliphatic heterocycles. The van der Waals surface area contributed by atoms with E-state index in [-0.39, 0.29) is 0 Å². The van der Waals surface area contributed by atoms with Gasteiger partial charge >= 0.3 is 0 Å². The number of benzene rings is 1. The molecular formula is C13H15N3OS. The summed E-state index contributed by atoms with van der Waals surface area (Å²) in [5.41, 5.74) is 0. The molecule has 0 fully saturated rings. The minimum atomic E-state index is 0.415. The lowest BCUT2D eigenvalue weighted by molar-refractivity contribution is 0.177. The lowest BCUT2D eigenvalue weighted by atomic mass is 10.4. The summed E-state index contributed by atoms with van der Waals surface area (Å²) in [6, 6.07) is 12.1. The summed E-state index contributed by atoms with van der Waals surface area (Å²) in [6.07, 6.45) is 0. The van der Waals surface area contributed by atoms with Gasteiger partial charge in [0.1, 0.15) is 17.5 Å². The maximum absolute atomic E-state index is 5.07. The molecule has 0 aliphatic rings. The fourth-order valence-corrected chi connectivity index (χ4v) is 2.31. The van der Waals surface area contributed by atoms with Crippen molar-refractivity contribution in [1.82, 2.24) is 9.97 Å². The molecule has 1 N–H and O–H groups in total. The van der Waals surface area contributed by atoms with Crippen LogP contribution in [0.3, 0.4) is 0 Å². The van der Waals surface area contributed by atoms with Crippen LogP contribution >= 0.6 is 11.8 Å². The number of ether oxygens (including phenoxy) is 1. The number of nitrogens with one attached hydrogen (secondary N) is 1. The maximum atomic E-state index is 5.07. The van der Waals surface area contributed by atoms with Gasteiger partial charge in [-0.3, -0.25) is 0 Å². The van der Waals surface area contributed by atoms with E-state index in [0.717, 1.165) is 15.7 Å². The molecule has 94 valence electrons. The van der Waals surface area contributed by atoms with Gasteiger partial charge < -0.3 is 10.1 Å². The van der Waals surface area contributed by atoms with Crippen molar-refractivity contribution in [3.8, 4) is 0 Å². The molecule has 0 aliphatic carbocycles. The molecule has 4 nitrogen and oxygen atoms in total. The third-order valence-electron chi connectivity index (χ3n) is 2.24. The summed E-state index contributed by atoms with van der Waals surface area (Å²) in [6.45, 7) is 0.415. The van der Waals surface area contributed by atoms with Crippen LogP contribution in [0.4, 0.5) is 5.82 Å². The molecule has 2 rings (SSSR count). The van der Waals surface area contributed by atoms with Crippen LogP contribution < -0.4 is 5.32 Å². The highest BCUT2D eigenvalue weighted by Crippen LogP contribution is 2.27. The van der Waals surface area contributed by atoms with E-state index < -0.39 is 0 Å². The van der Waals surface area contributed by atoms with E-state index in [1.165, 1.54) is 0 Å². The lowest BCUT2D eigenvalue weighted by Gasteiger charge is -2.07. The van der Waals surface area contributed by atoms with Gasteiger partial charge in [0.15, 0.2) is 5.82 Å². The van der Waals surface area contributed by atoms with Crippen LogP contribution in [0.5, 0.6) is 0 Å². The largest absolute Gasteiger partial charge is 0.377 e. The Bertz CT molecular complexity index is 505. The van der Waals surface area contributed by atoms with Gasteiger partial charge in [0, 0.05) is 25.1 Å². The third kappa shape index (κ3) is 3.45. The van der Waals surface area contributed by atoms with Gasteiger partial charge in [-0.2, -0.15) is 0 Å². The predicted molar refractivity (Wildman–Crippen MR) is 72.9 cm³/mol. The average molecular weight is 261 g/mol. The molecule has 0 atom stereocenters. The zero-order valence-corrected chi connectivity index (χ0v) is 11.2. The Morgan fingerprint density at radius 3 is 2.67 bits per heavy atom. The molecule has 1 aromatic carbocycles. The number of rotatable bonds is 5. The Morgan fingerprint density at radius 1 is 1.22 bits per heavy atom. The summed E-state index contributed by atoms with van der Waals surface area (Å²) in [4.78, 5) is 9.93. The summed E-state index contributed by atoms with van der Waals surface area (Å²) in [5.74, 6) is 1.48. The Hall–Kier alpha value is -1.59. The first-order valence-electron chi connectivity index (χ1n) is 5.59. The van der Waals surface area contributed by atoms with Crippen molar-refractivity contribution < 1.29 is 4.74 Å². The van der Waals surface area contributed by atoms with Crippen LogP contribution in [-0.4, -0.2) is 24.1 Å². The third-order valence-corrected chi connectivity index (χ3v) is 3.17. The molecule has 5 heteroatoms. The van der Waals surface area contributed by atoms with Crippen molar-refractivity contribution in [3.63, 3.8) is 0 Å². The van der Waals surface area contributed by atoms with E-state index in [0.29, 0.717) is 12.4 Å². The maximum Gasteiger partial charge on any atom is 0.157 e. The molecular weight excluding hydrogens is 246 g/mol. The van der Waals surface area contributed by atoms with E-state index in [9.17, 15) is 0 Å². The highest BCUT2D eigenvalue weighted by molar-refractivity contribution is 7.99. The van der Waals surface area contributed by atoms with Gasteiger partial charge in [-0.05, 0) is 12.1 Å². The molecule has 0 radical (unpaired) electrons. The molecule has 0 amide bonds. The molecule has 18 heavy (non-hydrogen) atoms. The number of aromatic nitrogens is 2. The van der Waals surface area contributed by atoms with Crippen molar-refractivity contribution in [2.24, 2.45) is 0 Å². The van der Waals surface area contributed by atoms with Gasteiger partial charge in [0.25, 0.3) is 0 Å². The monoisotopic (exact) mass is 261 g/mol. The predicted octanol–water partition coefficient (Wildman–Crippen LogP) is 2.82. The highest BCUT2D eigenvalue weighted by Gasteiger charge is 2.05. The lowest BCUT2D eigenvalue weighted by Crippen LogP contribution is -2.02. The van der Waals surface area contributed by atoms with E-state index >= 15 is 0 Å². The Balaban J connectivity index is 2.24. The van der Waals surface area contributed by atoms with Crippen molar-refractivity contribution in [2.45, 2.75) is 16.5 Å². The molecule has 0 saturated carbocycles. The quantitative estimate of drug-likeness (QED) is 0.839. The summed E-state index contributed by atoms with van der Waals surface area (Å²) >= 11 is 1.61. The summed E-state index contributed by atoms with van der Waals surface area (Å²) in [5, 5.41) is 3.94. The molecule has 0 saturated heterocycles. The first-order chi connectivity index (χ1) is 8.81. The Kier molecular flexibility index (Phi) is 4.55. The second-order valence-corrected chi connectivity index (χ2v) is 4.70. The molecule has 0 bridgehead atoms. The highest BCUT2D eigenvalue weighted by atomic mass is 32.2. The van der Waals surface area contributed by atoms with Crippen molar-refractivity contribution in [2.75, 3.05) is 19.5 Å². The van der Waals surface area contributed by atoms with Crippen LogP contribution in [0.15, 0.2) is 46.3 Å². The van der Waals surface area contributed by atoms with Crippen molar-refractivity contribution in [3.05, 3.63) is 42.2 Å². The number of nitrogens with zero attached hydrogens (tertiary/aromatic N) is 2. The van der Waals surface area contributed by atoms with Gasteiger partial charge in [0.2, 0.25) is 0 Å². The Morgan fingerprint density at radius 2 is 2.00 bits per heavy atom. The minimum absolute atomic E-state index is 0.415. The van der Waals surface area contributed by atoms with Crippen LogP contribution in [0.1, 0.15) is 5.82 Å². The molecule has 1 aromatic heterocycles. The molecule has 0 spiro atoms. The van der Waals surface area contributed by atoms with Gasteiger partial charge in [0.05, 0.1) is 0 Å². The van der Waals surface area contributed by atoms with E-state index in [1.807, 2.05) is 31.3 Å². The smallest absolute Gasteiger partial charge is 0.157 e. The number of hydrogen-bond acceptors (Lipinski definition) is 5. The van der Waals surface area contributed by atoms with Gasteiger partial charge in [-0.1, -0.05) is 30.0 Å². The van der Waals surface area contributed by atoms with Crippen LogP contribution in [-0.2, 0) is 11.3 Å². The topological polar surface area (TPSA) is 47.0 Å². The fourth-order valence-electron chi connectivity index (χ4n) is 1.46. The van der Waals surface area contributed by atoms with Gasteiger partial charge in [-0.15, -0.1) is 0 Å². The van der Waals surface area contributed by atoms with Crippen molar-refractivity contribution >= 4 is 17.6 Å². The zero-order valence-electron chi connectivity index (χ0n) is 10.4. The molecule has 2 aromatic rings. The summed E-state index contributed by atoms with van der Waals surface area (Å²) in [7, 11) is 3.48. The Labute approximate surface area is 111 Å². The SMILES string of the molecule is CNc1cc(Sc2ccccc2)nc(COC)n1. The molecule has 0 unspecified atom stereocenters. The second-order valence-electron chi connectivity index (χ2n) is 3.61. The molecule has 1 heterocycles. The summed E-state index contributed by atoms with van der Waals surface area (Å²) < 4.78 is 5.07. The number of methoxy groups -OCH3 is 1. The van der Waals surface area contributed by atoms with Crippen molar-refractivity contribution in [1.29, 1.82) is 0 Å². The minimum Gasteiger partial charge on any atom is -0.377 e. The first-order valence-corrected chi connectivity index (χ1v) is 6.41. The van der Waals surface area contributed by atoms with Crippen LogP contribution in [0.25, 0.3) is 0 Å². The number of hydrogen-bond donors (Lipinski definition) is 1. The van der Waals surface area contributed by atoms with Gasteiger partial charge in [-0.25, -0.2) is 9.97 Å².